The topological polar surface area (TPSA) is 92.2 Å². The van der Waals surface area contributed by atoms with E-state index in [0.717, 1.165) is 5.56 Å². The average Bonchev–Trinajstić information content (AvgIpc) is 2.56. The van der Waals surface area contributed by atoms with Crippen molar-refractivity contribution in [2.75, 3.05) is 6.61 Å². The lowest BCUT2D eigenvalue weighted by Crippen LogP contribution is -2.18. The van der Waals surface area contributed by atoms with Crippen LogP contribution in [0.5, 0.6) is 11.5 Å². The fourth-order valence-electron chi connectivity index (χ4n) is 2.63. The van der Waals surface area contributed by atoms with Gasteiger partial charge in [-0.15, -0.1) is 0 Å². The molecule has 1 aromatic carbocycles. The molecule has 0 aliphatic heterocycles. The number of rotatable bonds is 6. The number of esters is 1. The second-order valence-corrected chi connectivity index (χ2v) is 5.52. The summed E-state index contributed by atoms with van der Waals surface area (Å²) < 4.78 is 10.8. The number of aromatic amines is 1. The summed E-state index contributed by atoms with van der Waals surface area (Å²) in [5, 5.41) is 9.09. The van der Waals surface area contributed by atoms with E-state index in [0.29, 0.717) is 35.8 Å². The summed E-state index contributed by atoms with van der Waals surface area (Å²) in [6.45, 7) is 5.79. The third kappa shape index (κ3) is 4.27. The van der Waals surface area contributed by atoms with Gasteiger partial charge in [-0.25, -0.2) is 0 Å². The van der Waals surface area contributed by atoms with Crippen molar-refractivity contribution in [3.05, 3.63) is 57.0 Å². The number of para-hydroxylation sites is 2. The molecule has 0 bridgehead atoms. The van der Waals surface area contributed by atoms with Gasteiger partial charge < -0.3 is 14.5 Å². The summed E-state index contributed by atoms with van der Waals surface area (Å²) in [5.41, 5.74) is 1.71. The fourth-order valence-corrected chi connectivity index (χ4v) is 2.63. The first-order valence-electron chi connectivity index (χ1n) is 8.02. The molecule has 0 fully saturated rings. The molecule has 1 N–H and O–H groups in total. The highest BCUT2D eigenvalue weighted by atomic mass is 16.6. The lowest BCUT2D eigenvalue weighted by atomic mass is 9.99. The van der Waals surface area contributed by atoms with Crippen LogP contribution in [0.3, 0.4) is 0 Å². The normalized spacial score (nSPS) is 10.2. The maximum atomic E-state index is 12.2. The third-order valence-electron chi connectivity index (χ3n) is 3.87. The Balaban J connectivity index is 2.12. The van der Waals surface area contributed by atoms with Crippen LogP contribution >= 0.6 is 0 Å². The van der Waals surface area contributed by atoms with Crippen LogP contribution in [0.1, 0.15) is 35.7 Å². The van der Waals surface area contributed by atoms with Gasteiger partial charge in [-0.2, -0.15) is 5.26 Å². The van der Waals surface area contributed by atoms with Gasteiger partial charge >= 0.3 is 5.97 Å². The van der Waals surface area contributed by atoms with Crippen molar-refractivity contribution in [2.24, 2.45) is 0 Å². The van der Waals surface area contributed by atoms with Crippen LogP contribution in [0.2, 0.25) is 0 Å². The van der Waals surface area contributed by atoms with Crippen LogP contribution in [0.4, 0.5) is 0 Å². The number of carbonyl (C=O) groups is 1. The van der Waals surface area contributed by atoms with E-state index in [-0.39, 0.29) is 12.0 Å². The van der Waals surface area contributed by atoms with Gasteiger partial charge in [0, 0.05) is 5.69 Å². The van der Waals surface area contributed by atoms with Gasteiger partial charge in [0.1, 0.15) is 11.6 Å². The smallest absolute Gasteiger partial charge is 0.311 e. The van der Waals surface area contributed by atoms with E-state index < -0.39 is 11.5 Å². The highest BCUT2D eigenvalue weighted by Gasteiger charge is 2.15. The minimum Gasteiger partial charge on any atom is -0.490 e. The predicted octanol–water partition coefficient (Wildman–Crippen LogP) is 2.80. The molecule has 0 aliphatic rings. The molecule has 0 aliphatic carbocycles. The van der Waals surface area contributed by atoms with Crippen molar-refractivity contribution in [2.45, 2.75) is 33.6 Å². The standard InChI is InChI=1S/C19H20N2O4/c1-4-24-16-7-5-6-8-17(16)25-18(22)10-9-14-12(2)15(11-20)19(23)21-13(14)3/h5-8H,4,9-10H2,1-3H3,(H,21,23). The first-order chi connectivity index (χ1) is 12.0. The average molecular weight is 340 g/mol. The molecule has 2 rings (SSSR count). The molecule has 2 aromatic rings. The zero-order valence-electron chi connectivity index (χ0n) is 14.5. The second-order valence-electron chi connectivity index (χ2n) is 5.52. The largest absolute Gasteiger partial charge is 0.490 e. The van der Waals surface area contributed by atoms with Gasteiger partial charge in [-0.05, 0) is 50.5 Å². The first-order valence-corrected chi connectivity index (χ1v) is 8.02. The number of benzene rings is 1. The van der Waals surface area contributed by atoms with Gasteiger partial charge in [-0.3, -0.25) is 9.59 Å². The van der Waals surface area contributed by atoms with E-state index in [4.69, 9.17) is 14.7 Å². The number of hydrogen-bond acceptors (Lipinski definition) is 5. The Morgan fingerprint density at radius 3 is 2.56 bits per heavy atom. The highest BCUT2D eigenvalue weighted by molar-refractivity contribution is 5.73. The van der Waals surface area contributed by atoms with E-state index in [1.807, 2.05) is 13.0 Å². The van der Waals surface area contributed by atoms with Gasteiger partial charge in [0.05, 0.1) is 13.0 Å². The molecular formula is C19H20N2O4. The maximum absolute atomic E-state index is 12.2. The molecule has 0 spiro atoms. The molecule has 6 heteroatoms. The van der Waals surface area contributed by atoms with Crippen LogP contribution in [0, 0.1) is 25.2 Å². The van der Waals surface area contributed by atoms with Crippen LogP contribution in [-0.4, -0.2) is 17.6 Å². The van der Waals surface area contributed by atoms with Crippen LogP contribution in [0.15, 0.2) is 29.1 Å². The molecule has 0 unspecified atom stereocenters. The Morgan fingerprint density at radius 1 is 1.24 bits per heavy atom. The number of hydrogen-bond donors (Lipinski definition) is 1. The lowest BCUT2D eigenvalue weighted by molar-refractivity contribution is -0.134. The van der Waals surface area contributed by atoms with Crippen LogP contribution in [-0.2, 0) is 11.2 Å². The summed E-state index contributed by atoms with van der Waals surface area (Å²) in [7, 11) is 0. The SMILES string of the molecule is CCOc1ccccc1OC(=O)CCc1c(C)[nH]c(=O)c(C#N)c1C. The number of aromatic nitrogens is 1. The van der Waals surface area contributed by atoms with Gasteiger partial charge in [0.2, 0.25) is 0 Å². The number of H-pyrrole nitrogens is 1. The van der Waals surface area contributed by atoms with E-state index in [1.165, 1.54) is 0 Å². The second kappa shape index (κ2) is 8.15. The Kier molecular flexibility index (Phi) is 5.96. The van der Waals surface area contributed by atoms with E-state index in [2.05, 4.69) is 4.98 Å². The summed E-state index contributed by atoms with van der Waals surface area (Å²) in [5.74, 6) is 0.485. The van der Waals surface area contributed by atoms with Crippen LogP contribution in [0.25, 0.3) is 0 Å². The molecule has 0 saturated carbocycles. The summed E-state index contributed by atoms with van der Waals surface area (Å²) in [6, 6.07) is 8.88. The molecule has 25 heavy (non-hydrogen) atoms. The monoisotopic (exact) mass is 340 g/mol. The highest BCUT2D eigenvalue weighted by Crippen LogP contribution is 2.27. The zero-order chi connectivity index (χ0) is 18.4. The van der Waals surface area contributed by atoms with Crippen molar-refractivity contribution in [1.29, 1.82) is 5.26 Å². The number of carbonyl (C=O) groups excluding carboxylic acids is 1. The Labute approximate surface area is 146 Å². The number of aryl methyl sites for hydroxylation is 1. The molecular weight excluding hydrogens is 320 g/mol. The number of nitrogens with zero attached hydrogens (tertiary/aromatic N) is 1. The number of nitrogens with one attached hydrogen (secondary N) is 1. The van der Waals surface area contributed by atoms with E-state index in [9.17, 15) is 9.59 Å². The van der Waals surface area contributed by atoms with E-state index >= 15 is 0 Å². The third-order valence-corrected chi connectivity index (χ3v) is 3.87. The maximum Gasteiger partial charge on any atom is 0.311 e. The van der Waals surface area contributed by atoms with Crippen molar-refractivity contribution in [3.8, 4) is 17.6 Å². The Morgan fingerprint density at radius 2 is 1.92 bits per heavy atom. The summed E-state index contributed by atoms with van der Waals surface area (Å²) in [4.78, 5) is 26.6. The van der Waals surface area contributed by atoms with E-state index in [1.54, 1.807) is 38.1 Å². The molecule has 6 nitrogen and oxygen atoms in total. The van der Waals surface area contributed by atoms with Gasteiger partial charge in [0.25, 0.3) is 5.56 Å². The van der Waals surface area contributed by atoms with Crippen molar-refractivity contribution >= 4 is 5.97 Å². The molecule has 130 valence electrons. The minimum absolute atomic E-state index is 0.0793. The quantitative estimate of drug-likeness (QED) is 0.645. The molecule has 1 heterocycles. The molecule has 0 saturated heterocycles. The molecule has 1 aromatic heterocycles. The predicted molar refractivity (Wildman–Crippen MR) is 92.8 cm³/mol. The van der Waals surface area contributed by atoms with Crippen molar-refractivity contribution in [3.63, 3.8) is 0 Å². The van der Waals surface area contributed by atoms with Gasteiger partial charge in [-0.1, -0.05) is 12.1 Å². The molecule has 0 amide bonds. The summed E-state index contributed by atoms with van der Waals surface area (Å²) >= 11 is 0. The summed E-state index contributed by atoms with van der Waals surface area (Å²) in [6.07, 6.45) is 0.498. The first kappa shape index (κ1) is 18.3. The lowest BCUT2D eigenvalue weighted by Gasteiger charge is -2.12. The molecule has 0 atom stereocenters. The van der Waals surface area contributed by atoms with Crippen LogP contribution < -0.4 is 15.0 Å². The van der Waals surface area contributed by atoms with Crippen molar-refractivity contribution < 1.29 is 14.3 Å². The number of nitriles is 1. The Hall–Kier alpha value is -3.07. The Bertz CT molecular complexity index is 878. The number of ether oxygens (including phenoxy) is 2. The van der Waals surface area contributed by atoms with Gasteiger partial charge in [0.15, 0.2) is 11.5 Å². The van der Waals surface area contributed by atoms with Crippen molar-refractivity contribution in [1.82, 2.24) is 4.98 Å². The fraction of sp³-hybridized carbons (Fsp3) is 0.316. The molecule has 0 radical (unpaired) electrons. The minimum atomic E-state index is -0.408. The number of pyridine rings is 1. The zero-order valence-corrected chi connectivity index (χ0v) is 14.5.